The van der Waals surface area contributed by atoms with E-state index in [9.17, 15) is 5.11 Å². The van der Waals surface area contributed by atoms with Crippen molar-refractivity contribution < 1.29 is 9.84 Å². The number of aliphatic hydroxyl groups is 1. The van der Waals surface area contributed by atoms with E-state index in [-0.39, 0.29) is 6.10 Å². The number of rotatable bonds is 4. The molecule has 4 heteroatoms. The van der Waals surface area contributed by atoms with Gasteiger partial charge in [0.25, 0.3) is 0 Å². The van der Waals surface area contributed by atoms with Gasteiger partial charge in [-0.15, -0.1) is 0 Å². The quantitative estimate of drug-likeness (QED) is 0.819. The van der Waals surface area contributed by atoms with E-state index in [1.807, 2.05) is 32.2 Å². The zero-order valence-corrected chi connectivity index (χ0v) is 10.4. The van der Waals surface area contributed by atoms with Gasteiger partial charge in [0.2, 0.25) is 0 Å². The zero-order chi connectivity index (χ0) is 12.3. The molecule has 1 aliphatic rings. The van der Waals surface area contributed by atoms with E-state index in [2.05, 4.69) is 10.3 Å². The molecule has 0 aliphatic carbocycles. The van der Waals surface area contributed by atoms with Crippen molar-refractivity contribution >= 4 is 0 Å². The van der Waals surface area contributed by atoms with Crippen LogP contribution in [0.25, 0.3) is 0 Å². The summed E-state index contributed by atoms with van der Waals surface area (Å²) in [6, 6.07) is 4.04. The highest BCUT2D eigenvalue weighted by atomic mass is 16.5. The average molecular weight is 236 g/mol. The van der Waals surface area contributed by atoms with Gasteiger partial charge in [0, 0.05) is 32.3 Å². The van der Waals surface area contributed by atoms with Crippen LogP contribution in [0.3, 0.4) is 0 Å². The SMILES string of the molecule is Cc1ccc(CNCC2(O)CCOC2C)nc1. The number of nitrogens with one attached hydrogen (secondary N) is 1. The van der Waals surface area contributed by atoms with Gasteiger partial charge in [0.15, 0.2) is 0 Å². The molecule has 1 aliphatic heterocycles. The van der Waals surface area contributed by atoms with E-state index in [1.54, 1.807) is 0 Å². The predicted molar refractivity (Wildman–Crippen MR) is 65.7 cm³/mol. The first-order valence-electron chi connectivity index (χ1n) is 6.06. The first kappa shape index (κ1) is 12.5. The topological polar surface area (TPSA) is 54.4 Å². The second-order valence-electron chi connectivity index (χ2n) is 4.80. The van der Waals surface area contributed by atoms with Crippen molar-refractivity contribution in [3.8, 4) is 0 Å². The van der Waals surface area contributed by atoms with Gasteiger partial charge in [0.05, 0.1) is 11.8 Å². The van der Waals surface area contributed by atoms with Gasteiger partial charge in [0.1, 0.15) is 5.60 Å². The van der Waals surface area contributed by atoms with Gasteiger partial charge in [-0.3, -0.25) is 4.98 Å². The van der Waals surface area contributed by atoms with E-state index >= 15 is 0 Å². The molecule has 2 rings (SSSR count). The average Bonchev–Trinajstić information content (AvgIpc) is 2.63. The Balaban J connectivity index is 1.81. The molecule has 0 aromatic carbocycles. The fraction of sp³-hybridized carbons (Fsp3) is 0.615. The van der Waals surface area contributed by atoms with Crippen LogP contribution >= 0.6 is 0 Å². The Bertz CT molecular complexity index is 366. The lowest BCUT2D eigenvalue weighted by molar-refractivity contribution is -0.0263. The Morgan fingerprint density at radius 3 is 3.00 bits per heavy atom. The Labute approximate surface area is 102 Å². The van der Waals surface area contributed by atoms with Crippen molar-refractivity contribution in [2.24, 2.45) is 0 Å². The van der Waals surface area contributed by atoms with Crippen molar-refractivity contribution in [3.63, 3.8) is 0 Å². The lowest BCUT2D eigenvalue weighted by Crippen LogP contribution is -2.45. The van der Waals surface area contributed by atoms with Crippen LogP contribution in [0.4, 0.5) is 0 Å². The van der Waals surface area contributed by atoms with Gasteiger partial charge in [-0.05, 0) is 25.5 Å². The summed E-state index contributed by atoms with van der Waals surface area (Å²) < 4.78 is 5.38. The summed E-state index contributed by atoms with van der Waals surface area (Å²) in [5.41, 5.74) is 1.42. The predicted octanol–water partition coefficient (Wildman–Crippen LogP) is 1.02. The fourth-order valence-electron chi connectivity index (χ4n) is 2.01. The maximum absolute atomic E-state index is 10.3. The molecule has 0 bridgehead atoms. The van der Waals surface area contributed by atoms with Crippen molar-refractivity contribution in [2.75, 3.05) is 13.2 Å². The number of aromatic nitrogens is 1. The second-order valence-corrected chi connectivity index (χ2v) is 4.80. The second kappa shape index (κ2) is 5.12. The molecule has 2 heterocycles. The lowest BCUT2D eigenvalue weighted by atomic mass is 9.97. The summed E-state index contributed by atoms with van der Waals surface area (Å²) in [6.45, 7) is 5.80. The van der Waals surface area contributed by atoms with Crippen molar-refractivity contribution in [2.45, 2.75) is 38.5 Å². The normalized spacial score (nSPS) is 28.5. The number of nitrogens with zero attached hydrogens (tertiary/aromatic N) is 1. The van der Waals surface area contributed by atoms with E-state index in [0.717, 1.165) is 11.3 Å². The highest BCUT2D eigenvalue weighted by Crippen LogP contribution is 2.24. The maximum Gasteiger partial charge on any atom is 0.105 e. The molecule has 0 saturated carbocycles. The number of hydrogen-bond acceptors (Lipinski definition) is 4. The molecular formula is C13H20N2O2. The third-order valence-electron chi connectivity index (χ3n) is 3.37. The zero-order valence-electron chi connectivity index (χ0n) is 10.4. The number of aryl methyl sites for hydroxylation is 1. The Morgan fingerprint density at radius 2 is 2.41 bits per heavy atom. The van der Waals surface area contributed by atoms with E-state index in [0.29, 0.717) is 26.1 Å². The van der Waals surface area contributed by atoms with E-state index in [1.165, 1.54) is 0 Å². The molecule has 94 valence electrons. The van der Waals surface area contributed by atoms with E-state index in [4.69, 9.17) is 4.74 Å². The summed E-state index contributed by atoms with van der Waals surface area (Å²) in [7, 11) is 0. The number of pyridine rings is 1. The summed E-state index contributed by atoms with van der Waals surface area (Å²) >= 11 is 0. The highest BCUT2D eigenvalue weighted by Gasteiger charge is 2.38. The van der Waals surface area contributed by atoms with Crippen LogP contribution in [0.2, 0.25) is 0 Å². The van der Waals surface area contributed by atoms with Crippen LogP contribution in [-0.4, -0.2) is 34.9 Å². The minimum atomic E-state index is -0.731. The molecule has 1 aromatic heterocycles. The van der Waals surface area contributed by atoms with Crippen LogP contribution < -0.4 is 5.32 Å². The third kappa shape index (κ3) is 3.03. The van der Waals surface area contributed by atoms with Crippen LogP contribution in [0.5, 0.6) is 0 Å². The van der Waals surface area contributed by atoms with Gasteiger partial charge < -0.3 is 15.2 Å². The molecule has 4 nitrogen and oxygen atoms in total. The minimum absolute atomic E-state index is 0.0963. The molecule has 1 saturated heterocycles. The van der Waals surface area contributed by atoms with Crippen LogP contribution in [-0.2, 0) is 11.3 Å². The summed E-state index contributed by atoms with van der Waals surface area (Å²) in [6.07, 6.45) is 2.45. The first-order chi connectivity index (χ1) is 8.10. The molecule has 2 unspecified atom stereocenters. The minimum Gasteiger partial charge on any atom is -0.386 e. The molecule has 1 aromatic rings. The van der Waals surface area contributed by atoms with Crippen LogP contribution in [0.1, 0.15) is 24.6 Å². The molecule has 1 fully saturated rings. The number of ether oxygens (including phenoxy) is 1. The molecule has 17 heavy (non-hydrogen) atoms. The van der Waals surface area contributed by atoms with Crippen molar-refractivity contribution in [1.82, 2.24) is 10.3 Å². The smallest absolute Gasteiger partial charge is 0.105 e. The van der Waals surface area contributed by atoms with Gasteiger partial charge in [-0.25, -0.2) is 0 Å². The standard InChI is InChI=1S/C13H20N2O2/c1-10-3-4-12(15-7-10)8-14-9-13(16)5-6-17-11(13)2/h3-4,7,11,14,16H,5-6,8-9H2,1-2H3. The number of hydrogen-bond donors (Lipinski definition) is 2. The van der Waals surface area contributed by atoms with Crippen molar-refractivity contribution in [1.29, 1.82) is 0 Å². The van der Waals surface area contributed by atoms with Gasteiger partial charge in [-0.2, -0.15) is 0 Å². The molecule has 0 radical (unpaired) electrons. The summed E-state index contributed by atoms with van der Waals surface area (Å²) in [4.78, 5) is 4.31. The fourth-order valence-corrected chi connectivity index (χ4v) is 2.01. The monoisotopic (exact) mass is 236 g/mol. The van der Waals surface area contributed by atoms with Crippen LogP contribution in [0.15, 0.2) is 18.3 Å². The van der Waals surface area contributed by atoms with E-state index < -0.39 is 5.60 Å². The summed E-state index contributed by atoms with van der Waals surface area (Å²) in [5.74, 6) is 0. The van der Waals surface area contributed by atoms with Gasteiger partial charge >= 0.3 is 0 Å². The highest BCUT2D eigenvalue weighted by molar-refractivity contribution is 5.12. The van der Waals surface area contributed by atoms with Crippen molar-refractivity contribution in [3.05, 3.63) is 29.6 Å². The molecule has 0 spiro atoms. The molecular weight excluding hydrogens is 216 g/mol. The largest absolute Gasteiger partial charge is 0.386 e. The Morgan fingerprint density at radius 1 is 1.59 bits per heavy atom. The summed E-state index contributed by atoms with van der Waals surface area (Å²) in [5, 5.41) is 13.5. The maximum atomic E-state index is 10.3. The Hall–Kier alpha value is -0.970. The van der Waals surface area contributed by atoms with Crippen LogP contribution in [0, 0.1) is 6.92 Å². The van der Waals surface area contributed by atoms with Gasteiger partial charge in [-0.1, -0.05) is 6.07 Å². The Kier molecular flexibility index (Phi) is 3.76. The molecule has 2 N–H and O–H groups in total. The first-order valence-corrected chi connectivity index (χ1v) is 6.06. The third-order valence-corrected chi connectivity index (χ3v) is 3.37. The molecule has 2 atom stereocenters. The molecule has 0 amide bonds. The lowest BCUT2D eigenvalue weighted by Gasteiger charge is -2.26.